The average molecular weight is 513 g/mol. The number of fused-ring (bicyclic) bond motifs is 1. The molecule has 2 heterocycles. The number of methoxy groups -OCH3 is 1. The van der Waals surface area contributed by atoms with Crippen LogP contribution in [0.25, 0.3) is 22.4 Å². The van der Waals surface area contributed by atoms with Gasteiger partial charge in [0.2, 0.25) is 5.91 Å². The van der Waals surface area contributed by atoms with E-state index in [4.69, 9.17) is 9.94 Å². The molecule has 0 saturated heterocycles. The number of hydroxylamine groups is 1. The highest BCUT2D eigenvalue weighted by atomic mass is 19.4. The van der Waals surface area contributed by atoms with Crippen molar-refractivity contribution in [2.45, 2.75) is 25.7 Å². The molecular formula is C25H22F3N5O4. The van der Waals surface area contributed by atoms with Gasteiger partial charge < -0.3 is 10.1 Å². The maximum Gasteiger partial charge on any atom is 0.416 e. The van der Waals surface area contributed by atoms with Crippen LogP contribution in [-0.4, -0.2) is 32.8 Å². The molecule has 0 aliphatic carbocycles. The largest absolute Gasteiger partial charge is 0.497 e. The molecule has 0 spiro atoms. The van der Waals surface area contributed by atoms with E-state index in [2.05, 4.69) is 15.3 Å². The van der Waals surface area contributed by atoms with Crippen LogP contribution in [0, 0.1) is 0 Å². The molecule has 3 N–H and O–H groups in total. The number of amides is 1. The zero-order valence-corrected chi connectivity index (χ0v) is 19.5. The van der Waals surface area contributed by atoms with Crippen molar-refractivity contribution in [3.05, 3.63) is 82.1 Å². The lowest BCUT2D eigenvalue weighted by Crippen LogP contribution is -2.28. The second kappa shape index (κ2) is 10.7. The first kappa shape index (κ1) is 25.6. The van der Waals surface area contributed by atoms with Gasteiger partial charge in [-0.05, 0) is 54.1 Å². The monoisotopic (exact) mass is 513 g/mol. The first-order chi connectivity index (χ1) is 17.7. The summed E-state index contributed by atoms with van der Waals surface area (Å²) in [5.41, 5.74) is 1.84. The molecule has 0 radical (unpaired) electrons. The van der Waals surface area contributed by atoms with Crippen LogP contribution in [0.4, 0.5) is 19.0 Å². The van der Waals surface area contributed by atoms with E-state index >= 15 is 0 Å². The number of aryl methyl sites for hydroxylation is 1. The van der Waals surface area contributed by atoms with E-state index in [1.807, 2.05) is 0 Å². The fourth-order valence-corrected chi connectivity index (χ4v) is 3.68. The van der Waals surface area contributed by atoms with Crippen LogP contribution < -0.4 is 21.1 Å². The average Bonchev–Trinajstić information content (AvgIpc) is 2.90. The van der Waals surface area contributed by atoms with Gasteiger partial charge in [-0.25, -0.2) is 15.4 Å². The number of aromatic nitrogens is 3. The fraction of sp³-hybridized carbons (Fsp3) is 0.200. The summed E-state index contributed by atoms with van der Waals surface area (Å²) in [7, 11) is 1.52. The van der Waals surface area contributed by atoms with Gasteiger partial charge in [0.15, 0.2) is 5.65 Å². The number of benzene rings is 2. The third-order valence-corrected chi connectivity index (χ3v) is 5.57. The normalized spacial score (nSPS) is 11.4. The lowest BCUT2D eigenvalue weighted by atomic mass is 10.1. The minimum Gasteiger partial charge on any atom is -0.497 e. The van der Waals surface area contributed by atoms with E-state index in [1.165, 1.54) is 23.2 Å². The zero-order valence-electron chi connectivity index (χ0n) is 19.5. The van der Waals surface area contributed by atoms with E-state index in [0.29, 0.717) is 28.2 Å². The third-order valence-electron chi connectivity index (χ3n) is 5.57. The van der Waals surface area contributed by atoms with Gasteiger partial charge in [-0.3, -0.25) is 19.4 Å². The smallest absolute Gasteiger partial charge is 0.416 e. The Hall–Kier alpha value is -4.45. The second-order valence-corrected chi connectivity index (χ2v) is 8.02. The van der Waals surface area contributed by atoms with Crippen LogP contribution in [0.3, 0.4) is 0 Å². The summed E-state index contributed by atoms with van der Waals surface area (Å²) in [6.07, 6.45) is -4.66. The highest BCUT2D eigenvalue weighted by molar-refractivity contribution is 5.77. The van der Waals surface area contributed by atoms with E-state index in [9.17, 15) is 22.8 Å². The highest BCUT2D eigenvalue weighted by Gasteiger charge is 2.30. The number of carbonyl (C=O) groups excluding carboxylic acids is 1. The van der Waals surface area contributed by atoms with Gasteiger partial charge in [0.05, 0.1) is 12.7 Å². The van der Waals surface area contributed by atoms with Gasteiger partial charge in [-0.15, -0.1) is 0 Å². The molecule has 37 heavy (non-hydrogen) atoms. The van der Waals surface area contributed by atoms with E-state index in [1.54, 1.807) is 42.5 Å². The number of nitrogens with one attached hydrogen (secondary N) is 2. The lowest BCUT2D eigenvalue weighted by molar-refractivity contribution is -0.137. The van der Waals surface area contributed by atoms with Crippen molar-refractivity contribution >= 4 is 22.9 Å². The SMILES string of the molecule is COc1ccc(-c2nc3ccc(NCc4cccc(C(F)(F)F)c4)nc3n(CCC(=O)NO)c2=O)cc1. The number of hydrogen-bond acceptors (Lipinski definition) is 7. The summed E-state index contributed by atoms with van der Waals surface area (Å²) in [4.78, 5) is 33.9. The van der Waals surface area contributed by atoms with Crippen LogP contribution in [0.1, 0.15) is 17.5 Å². The van der Waals surface area contributed by atoms with Crippen molar-refractivity contribution in [1.82, 2.24) is 20.0 Å². The fourth-order valence-electron chi connectivity index (χ4n) is 3.68. The number of carbonyl (C=O) groups is 1. The number of hydrogen-bond donors (Lipinski definition) is 3. The summed E-state index contributed by atoms with van der Waals surface area (Å²) in [5, 5.41) is 11.8. The van der Waals surface area contributed by atoms with Gasteiger partial charge in [-0.1, -0.05) is 12.1 Å². The molecule has 0 saturated carbocycles. The third kappa shape index (κ3) is 5.86. The summed E-state index contributed by atoms with van der Waals surface area (Å²) in [5.74, 6) is 0.202. The Kier molecular flexibility index (Phi) is 7.39. The van der Waals surface area contributed by atoms with Gasteiger partial charge in [0, 0.05) is 25.1 Å². The number of halogens is 3. The number of ether oxygens (including phenoxy) is 1. The standard InChI is InChI=1S/C25H22F3N5O4/c1-37-18-7-5-16(6-8-18)22-24(35)33(12-11-21(34)32-36)23-19(30-22)9-10-20(31-23)29-14-15-3-2-4-17(13-15)25(26,27)28/h2-10,13,36H,11-12,14H2,1H3,(H,29,31)(H,32,34). The maximum atomic E-state index is 13.4. The highest BCUT2D eigenvalue weighted by Crippen LogP contribution is 2.29. The molecule has 2 aromatic carbocycles. The van der Waals surface area contributed by atoms with E-state index < -0.39 is 23.2 Å². The summed E-state index contributed by atoms with van der Waals surface area (Å²) >= 11 is 0. The predicted molar refractivity (Wildman–Crippen MR) is 129 cm³/mol. The number of alkyl halides is 3. The Morgan fingerprint density at radius 3 is 2.51 bits per heavy atom. The van der Waals surface area contributed by atoms with Crippen molar-refractivity contribution in [3.8, 4) is 17.0 Å². The maximum absolute atomic E-state index is 13.4. The van der Waals surface area contributed by atoms with Crippen LogP contribution in [0.2, 0.25) is 0 Å². The predicted octanol–water partition coefficient (Wildman–Crippen LogP) is 3.99. The lowest BCUT2D eigenvalue weighted by Gasteiger charge is -2.14. The summed E-state index contributed by atoms with van der Waals surface area (Å²) < 4.78 is 45.5. The number of nitrogens with zero attached hydrogens (tertiary/aromatic N) is 3. The van der Waals surface area contributed by atoms with Crippen molar-refractivity contribution < 1.29 is 27.9 Å². The molecule has 4 rings (SSSR count). The van der Waals surface area contributed by atoms with Crippen molar-refractivity contribution in [1.29, 1.82) is 0 Å². The Morgan fingerprint density at radius 2 is 1.84 bits per heavy atom. The van der Waals surface area contributed by atoms with E-state index in [-0.39, 0.29) is 30.9 Å². The molecule has 0 atom stereocenters. The molecule has 0 aliphatic rings. The molecule has 0 aliphatic heterocycles. The number of pyridine rings is 1. The minimum atomic E-state index is -4.46. The van der Waals surface area contributed by atoms with Gasteiger partial charge in [0.25, 0.3) is 5.56 Å². The molecule has 0 unspecified atom stereocenters. The summed E-state index contributed by atoms with van der Waals surface area (Å²) in [6.45, 7) is -0.0472. The number of rotatable bonds is 8. The van der Waals surface area contributed by atoms with Crippen LogP contribution in [0.5, 0.6) is 5.75 Å². The molecule has 2 aromatic heterocycles. The van der Waals surface area contributed by atoms with Gasteiger partial charge >= 0.3 is 6.18 Å². The van der Waals surface area contributed by atoms with Crippen molar-refractivity contribution in [2.24, 2.45) is 0 Å². The Bertz CT molecular complexity index is 1490. The Labute approximate surface area is 208 Å². The molecule has 0 fully saturated rings. The first-order valence-corrected chi connectivity index (χ1v) is 11.1. The molecule has 12 heteroatoms. The first-order valence-electron chi connectivity index (χ1n) is 11.1. The second-order valence-electron chi connectivity index (χ2n) is 8.02. The minimum absolute atomic E-state index is 0.0525. The van der Waals surface area contributed by atoms with Crippen molar-refractivity contribution in [2.75, 3.05) is 12.4 Å². The molecule has 1 amide bonds. The molecule has 0 bridgehead atoms. The molecule has 192 valence electrons. The van der Waals surface area contributed by atoms with Gasteiger partial charge in [-0.2, -0.15) is 13.2 Å². The van der Waals surface area contributed by atoms with Crippen LogP contribution >= 0.6 is 0 Å². The molecular weight excluding hydrogens is 491 g/mol. The number of anilines is 1. The Morgan fingerprint density at radius 1 is 1.08 bits per heavy atom. The Balaban J connectivity index is 1.70. The van der Waals surface area contributed by atoms with Crippen LogP contribution in [-0.2, 0) is 24.1 Å². The van der Waals surface area contributed by atoms with Crippen molar-refractivity contribution in [3.63, 3.8) is 0 Å². The molecule has 4 aromatic rings. The summed E-state index contributed by atoms with van der Waals surface area (Å²) in [6, 6.07) is 14.8. The van der Waals surface area contributed by atoms with E-state index in [0.717, 1.165) is 12.1 Å². The topological polar surface area (TPSA) is 118 Å². The quantitative estimate of drug-likeness (QED) is 0.241. The molecule has 9 nitrogen and oxygen atoms in total. The zero-order chi connectivity index (χ0) is 26.6. The van der Waals surface area contributed by atoms with Gasteiger partial charge in [0.1, 0.15) is 22.8 Å². The van der Waals surface area contributed by atoms with Crippen LogP contribution in [0.15, 0.2) is 65.5 Å².